The van der Waals surface area contributed by atoms with E-state index < -0.39 is 6.23 Å². The van der Waals surface area contributed by atoms with Crippen molar-refractivity contribution in [1.82, 2.24) is 5.32 Å². The van der Waals surface area contributed by atoms with Crippen molar-refractivity contribution in [3.05, 3.63) is 23.9 Å². The summed E-state index contributed by atoms with van der Waals surface area (Å²) < 4.78 is 5.80. The maximum absolute atomic E-state index is 10.3. The number of rotatable bonds is 3. The Balaban J connectivity index is 1.20. The average molecular weight is 342 g/mol. The Labute approximate surface area is 147 Å². The van der Waals surface area contributed by atoms with Crippen LogP contribution in [0.15, 0.2) is 33.9 Å². The third-order valence-electron chi connectivity index (χ3n) is 7.11. The molecule has 134 valence electrons. The number of nitrogens with zero attached hydrogens (tertiary/aromatic N) is 2. The number of aliphatic hydroxyl groups is 1. The van der Waals surface area contributed by atoms with Crippen molar-refractivity contribution >= 4 is 12.0 Å². The summed E-state index contributed by atoms with van der Waals surface area (Å²) in [5.41, 5.74) is 7.47. The summed E-state index contributed by atoms with van der Waals surface area (Å²) in [6.07, 6.45) is 11.4. The smallest absolute Gasteiger partial charge is 0.297 e. The maximum Gasteiger partial charge on any atom is 0.297 e. The average Bonchev–Trinajstić information content (AvgIpc) is 3.09. The number of ether oxygens (including phenoxy) is 1. The van der Waals surface area contributed by atoms with Crippen LogP contribution in [0.4, 0.5) is 0 Å². The van der Waals surface area contributed by atoms with E-state index in [2.05, 4.69) is 28.3 Å². The van der Waals surface area contributed by atoms with Gasteiger partial charge in [-0.3, -0.25) is 0 Å². The van der Waals surface area contributed by atoms with Crippen molar-refractivity contribution in [3.8, 4) is 0 Å². The third-order valence-corrected chi connectivity index (χ3v) is 7.11. The number of hydrogen-bond donors (Lipinski definition) is 3. The minimum Gasteiger partial charge on any atom is -0.454 e. The van der Waals surface area contributed by atoms with Crippen LogP contribution < -0.4 is 11.1 Å². The van der Waals surface area contributed by atoms with Crippen molar-refractivity contribution in [3.63, 3.8) is 0 Å². The summed E-state index contributed by atoms with van der Waals surface area (Å²) >= 11 is 0. The lowest BCUT2D eigenvalue weighted by Crippen LogP contribution is -2.39. The largest absolute Gasteiger partial charge is 0.454 e. The van der Waals surface area contributed by atoms with Gasteiger partial charge in [0, 0.05) is 5.92 Å². The fraction of sp³-hybridized carbons (Fsp3) is 0.684. The van der Waals surface area contributed by atoms with Crippen molar-refractivity contribution in [2.75, 3.05) is 0 Å². The molecule has 0 bridgehead atoms. The quantitative estimate of drug-likeness (QED) is 0.539. The molecule has 4 aliphatic carbocycles. The van der Waals surface area contributed by atoms with Crippen LogP contribution in [-0.2, 0) is 4.74 Å². The number of nitrogens with two attached hydrogens (primary N) is 1. The van der Waals surface area contributed by atoms with E-state index in [0.29, 0.717) is 23.8 Å². The summed E-state index contributed by atoms with van der Waals surface area (Å²) in [7, 11) is 0. The molecular formula is C19H26N4O2. The highest BCUT2D eigenvalue weighted by Crippen LogP contribution is 2.79. The highest BCUT2D eigenvalue weighted by Gasteiger charge is 2.71. The molecule has 4 N–H and O–H groups in total. The summed E-state index contributed by atoms with van der Waals surface area (Å²) in [6.45, 7) is 2.10. The second-order valence-electron chi connectivity index (χ2n) is 8.37. The van der Waals surface area contributed by atoms with Crippen LogP contribution in [0.25, 0.3) is 0 Å². The van der Waals surface area contributed by atoms with Gasteiger partial charge in [-0.15, -0.1) is 0 Å². The molecule has 0 aromatic rings. The fourth-order valence-electron chi connectivity index (χ4n) is 5.82. The second-order valence-corrected chi connectivity index (χ2v) is 8.37. The summed E-state index contributed by atoms with van der Waals surface area (Å²) in [5.74, 6) is 2.81. The predicted molar refractivity (Wildman–Crippen MR) is 95.4 cm³/mol. The first kappa shape index (κ1) is 15.4. The third kappa shape index (κ3) is 2.34. The zero-order chi connectivity index (χ0) is 17.2. The molecule has 6 nitrogen and oxygen atoms in total. The van der Waals surface area contributed by atoms with E-state index in [-0.39, 0.29) is 18.0 Å². The van der Waals surface area contributed by atoms with Crippen molar-refractivity contribution in [2.45, 2.75) is 51.4 Å². The molecule has 5 aliphatic rings. The lowest BCUT2D eigenvalue weighted by molar-refractivity contribution is 0.0127. The number of nitrogens with one attached hydrogen (secondary N) is 1. The van der Waals surface area contributed by atoms with Crippen LogP contribution in [0.2, 0.25) is 0 Å². The van der Waals surface area contributed by atoms with Gasteiger partial charge in [-0.2, -0.15) is 4.99 Å². The number of aliphatic imine (C=N–C) groups is 2. The Hall–Kier alpha value is -1.82. The molecule has 1 aliphatic heterocycles. The van der Waals surface area contributed by atoms with E-state index in [1.54, 1.807) is 0 Å². The van der Waals surface area contributed by atoms with Crippen LogP contribution in [0.1, 0.15) is 39.0 Å². The van der Waals surface area contributed by atoms with E-state index >= 15 is 0 Å². The maximum atomic E-state index is 10.3. The summed E-state index contributed by atoms with van der Waals surface area (Å²) in [6, 6.07) is 0.362. The molecule has 0 aromatic heterocycles. The predicted octanol–water partition coefficient (Wildman–Crippen LogP) is 1.88. The van der Waals surface area contributed by atoms with E-state index in [1.165, 1.54) is 25.7 Å². The first-order valence-electron chi connectivity index (χ1n) is 9.48. The number of amidine groups is 1. The highest BCUT2D eigenvalue weighted by molar-refractivity contribution is 5.93. The van der Waals surface area contributed by atoms with Gasteiger partial charge in [-0.25, -0.2) is 4.99 Å². The molecule has 0 aromatic carbocycles. The standard InChI is InChI=1S/C19H26N4O2/c1-10-3-2-4-14-16(10)25-18(21-14)23-17(20)22-15(24)8-13-7-11-5-6-12-9-19(11,12)13/h2-4,10-13,15-16,24H,5-9H2,1H3,(H3,20,21,22,23). The van der Waals surface area contributed by atoms with Crippen LogP contribution in [-0.4, -0.2) is 29.4 Å². The Morgan fingerprint density at radius 2 is 2.32 bits per heavy atom. The van der Waals surface area contributed by atoms with Crippen molar-refractivity contribution in [2.24, 2.45) is 44.8 Å². The topological polar surface area (TPSA) is 92.2 Å². The zero-order valence-electron chi connectivity index (χ0n) is 14.6. The minimum absolute atomic E-state index is 0.0401. The molecule has 5 rings (SSSR count). The molecule has 7 unspecified atom stereocenters. The highest BCUT2D eigenvalue weighted by atomic mass is 16.5. The minimum atomic E-state index is -0.769. The molecule has 0 amide bonds. The molecule has 4 fully saturated rings. The fourth-order valence-corrected chi connectivity index (χ4v) is 5.82. The molecule has 1 spiro atoms. The molecule has 1 saturated heterocycles. The van der Waals surface area contributed by atoms with E-state index in [1.807, 2.05) is 12.2 Å². The summed E-state index contributed by atoms with van der Waals surface area (Å²) in [5, 5.41) is 13.4. The Morgan fingerprint density at radius 1 is 1.48 bits per heavy atom. The van der Waals surface area contributed by atoms with E-state index in [0.717, 1.165) is 17.5 Å². The Morgan fingerprint density at radius 3 is 3.08 bits per heavy atom. The number of aliphatic hydroxyl groups excluding tert-OH is 1. The Bertz CT molecular complexity index is 712. The molecule has 6 heteroatoms. The van der Waals surface area contributed by atoms with Gasteiger partial charge in [0.2, 0.25) is 5.96 Å². The number of guanidine groups is 1. The van der Waals surface area contributed by atoms with Crippen LogP contribution in [0, 0.1) is 29.1 Å². The molecular weight excluding hydrogens is 316 g/mol. The van der Waals surface area contributed by atoms with Gasteiger partial charge in [0.1, 0.15) is 12.3 Å². The van der Waals surface area contributed by atoms with E-state index in [4.69, 9.17) is 10.5 Å². The van der Waals surface area contributed by atoms with Gasteiger partial charge in [0.15, 0.2) is 0 Å². The molecule has 0 radical (unpaired) electrons. The molecule has 7 atom stereocenters. The van der Waals surface area contributed by atoms with Crippen molar-refractivity contribution < 1.29 is 9.84 Å². The van der Waals surface area contributed by atoms with Gasteiger partial charge in [-0.05, 0) is 61.3 Å². The molecule has 1 heterocycles. The lowest BCUT2D eigenvalue weighted by Gasteiger charge is -2.44. The Kier molecular flexibility index (Phi) is 3.29. The number of hydrogen-bond acceptors (Lipinski definition) is 3. The van der Waals surface area contributed by atoms with Gasteiger partial charge >= 0.3 is 0 Å². The zero-order valence-corrected chi connectivity index (χ0v) is 14.6. The molecule has 3 saturated carbocycles. The van der Waals surface area contributed by atoms with Crippen LogP contribution in [0.3, 0.4) is 0 Å². The lowest BCUT2D eigenvalue weighted by atomic mass is 9.61. The normalized spacial score (nSPS) is 46.3. The van der Waals surface area contributed by atoms with Gasteiger partial charge in [0.25, 0.3) is 6.02 Å². The monoisotopic (exact) mass is 342 g/mol. The number of fused-ring (bicyclic) bond motifs is 1. The number of allylic oxidation sites excluding steroid dienone is 2. The first-order chi connectivity index (χ1) is 12.1. The van der Waals surface area contributed by atoms with Crippen LogP contribution in [0.5, 0.6) is 0 Å². The summed E-state index contributed by atoms with van der Waals surface area (Å²) in [4.78, 5) is 8.37. The van der Waals surface area contributed by atoms with Gasteiger partial charge < -0.3 is 20.9 Å². The van der Waals surface area contributed by atoms with Gasteiger partial charge in [-0.1, -0.05) is 19.1 Å². The first-order valence-corrected chi connectivity index (χ1v) is 9.48. The second kappa shape index (κ2) is 5.34. The SMILES string of the molecule is CC1C=CC=C2NC(=NC(N)=NC(O)CC3CC4CCC5CC435)OC21. The van der Waals surface area contributed by atoms with Crippen LogP contribution >= 0.6 is 0 Å². The van der Waals surface area contributed by atoms with E-state index in [9.17, 15) is 5.11 Å². The van der Waals surface area contributed by atoms with Gasteiger partial charge in [0.05, 0.1) is 5.70 Å². The van der Waals surface area contributed by atoms with Crippen molar-refractivity contribution in [1.29, 1.82) is 0 Å². The molecule has 25 heavy (non-hydrogen) atoms.